The van der Waals surface area contributed by atoms with Crippen LogP contribution >= 0.6 is 11.6 Å². The molecule has 1 fully saturated rings. The summed E-state index contributed by atoms with van der Waals surface area (Å²) in [5.74, 6) is -0.0157. The van der Waals surface area contributed by atoms with Gasteiger partial charge in [0.1, 0.15) is 0 Å². The van der Waals surface area contributed by atoms with E-state index < -0.39 is 0 Å². The minimum Gasteiger partial charge on any atom is -0.356 e. The SMILES string of the molecule is O=C(Cc1cccc(Cl)c1)NCCC1OCCCO1. The lowest BCUT2D eigenvalue weighted by molar-refractivity contribution is -0.180. The van der Waals surface area contributed by atoms with Gasteiger partial charge in [-0.2, -0.15) is 0 Å². The molecule has 1 aliphatic rings. The number of amides is 1. The molecule has 0 aromatic heterocycles. The zero-order chi connectivity index (χ0) is 13.5. The quantitative estimate of drug-likeness (QED) is 0.901. The first-order valence-electron chi connectivity index (χ1n) is 6.48. The molecule has 0 atom stereocenters. The van der Waals surface area contributed by atoms with Gasteiger partial charge in [-0.25, -0.2) is 0 Å². The molecule has 19 heavy (non-hydrogen) atoms. The molecule has 104 valence electrons. The third kappa shape index (κ3) is 5.19. The summed E-state index contributed by atoms with van der Waals surface area (Å²) in [5, 5.41) is 3.50. The second kappa shape index (κ2) is 7.48. The van der Waals surface area contributed by atoms with Crippen LogP contribution in [0.3, 0.4) is 0 Å². The first kappa shape index (κ1) is 14.3. The Morgan fingerprint density at radius 1 is 1.37 bits per heavy atom. The van der Waals surface area contributed by atoms with Crippen LogP contribution in [-0.4, -0.2) is 32.0 Å². The van der Waals surface area contributed by atoms with E-state index >= 15 is 0 Å². The van der Waals surface area contributed by atoms with Crippen LogP contribution < -0.4 is 5.32 Å². The van der Waals surface area contributed by atoms with Crippen LogP contribution in [0, 0.1) is 0 Å². The number of carbonyl (C=O) groups excluding carboxylic acids is 1. The number of nitrogens with one attached hydrogen (secondary N) is 1. The van der Waals surface area contributed by atoms with E-state index in [0.29, 0.717) is 24.4 Å². The molecule has 1 aliphatic heterocycles. The topological polar surface area (TPSA) is 47.6 Å². The molecule has 1 N–H and O–H groups in total. The fourth-order valence-electron chi connectivity index (χ4n) is 1.93. The Bertz CT molecular complexity index is 419. The zero-order valence-corrected chi connectivity index (χ0v) is 11.5. The molecule has 0 bridgehead atoms. The number of rotatable bonds is 5. The lowest BCUT2D eigenvalue weighted by atomic mass is 10.1. The lowest BCUT2D eigenvalue weighted by Gasteiger charge is -2.23. The van der Waals surface area contributed by atoms with Crippen LogP contribution in [0.25, 0.3) is 0 Å². The molecular weight excluding hydrogens is 266 g/mol. The smallest absolute Gasteiger partial charge is 0.224 e. The molecule has 0 radical (unpaired) electrons. The Kier molecular flexibility index (Phi) is 5.63. The van der Waals surface area contributed by atoms with E-state index in [1.54, 1.807) is 12.1 Å². The van der Waals surface area contributed by atoms with Gasteiger partial charge in [0.2, 0.25) is 5.91 Å². The van der Waals surface area contributed by atoms with Gasteiger partial charge in [0.05, 0.1) is 19.6 Å². The summed E-state index contributed by atoms with van der Waals surface area (Å²) < 4.78 is 10.8. The summed E-state index contributed by atoms with van der Waals surface area (Å²) in [6.45, 7) is 2.03. The number of halogens is 1. The molecule has 1 amide bonds. The Balaban J connectivity index is 1.67. The van der Waals surface area contributed by atoms with Gasteiger partial charge >= 0.3 is 0 Å². The highest BCUT2D eigenvalue weighted by Crippen LogP contribution is 2.11. The number of hydrogen-bond donors (Lipinski definition) is 1. The van der Waals surface area contributed by atoms with E-state index in [4.69, 9.17) is 21.1 Å². The van der Waals surface area contributed by atoms with E-state index in [9.17, 15) is 4.79 Å². The first-order valence-corrected chi connectivity index (χ1v) is 6.86. The maximum Gasteiger partial charge on any atom is 0.224 e. The molecule has 1 aromatic carbocycles. The average molecular weight is 284 g/mol. The first-order chi connectivity index (χ1) is 9.24. The molecule has 1 saturated heterocycles. The molecule has 0 spiro atoms. The van der Waals surface area contributed by atoms with Gasteiger partial charge in [0.15, 0.2) is 6.29 Å². The van der Waals surface area contributed by atoms with E-state index in [1.807, 2.05) is 12.1 Å². The molecule has 0 aliphatic carbocycles. The third-order valence-electron chi connectivity index (χ3n) is 2.85. The highest BCUT2D eigenvalue weighted by molar-refractivity contribution is 6.30. The van der Waals surface area contributed by atoms with Gasteiger partial charge in [0.25, 0.3) is 0 Å². The Hall–Kier alpha value is -1.10. The molecule has 1 heterocycles. The van der Waals surface area contributed by atoms with Crippen LogP contribution in [0.2, 0.25) is 5.02 Å². The van der Waals surface area contributed by atoms with E-state index in [1.165, 1.54) is 0 Å². The van der Waals surface area contributed by atoms with Crippen molar-refractivity contribution in [2.45, 2.75) is 25.6 Å². The van der Waals surface area contributed by atoms with Crippen LogP contribution in [-0.2, 0) is 20.7 Å². The van der Waals surface area contributed by atoms with Crippen molar-refractivity contribution in [3.63, 3.8) is 0 Å². The van der Waals surface area contributed by atoms with Crippen LogP contribution in [0.1, 0.15) is 18.4 Å². The standard InChI is InChI=1S/C14H18ClNO3/c15-12-4-1-3-11(9-12)10-13(17)16-6-5-14-18-7-2-8-19-14/h1,3-4,9,14H,2,5-8,10H2,(H,16,17). The highest BCUT2D eigenvalue weighted by Gasteiger charge is 2.14. The predicted molar refractivity (Wildman–Crippen MR) is 73.1 cm³/mol. The van der Waals surface area contributed by atoms with Gasteiger partial charge in [-0.05, 0) is 24.1 Å². The number of hydrogen-bond acceptors (Lipinski definition) is 3. The molecule has 0 unspecified atom stereocenters. The minimum absolute atomic E-state index is 0.0157. The van der Waals surface area contributed by atoms with Crippen molar-refractivity contribution >= 4 is 17.5 Å². The number of ether oxygens (including phenoxy) is 2. The fourth-order valence-corrected chi connectivity index (χ4v) is 2.14. The molecular formula is C14H18ClNO3. The Morgan fingerprint density at radius 2 is 2.16 bits per heavy atom. The summed E-state index contributed by atoms with van der Waals surface area (Å²) in [6, 6.07) is 7.32. The number of carbonyl (C=O) groups is 1. The summed E-state index contributed by atoms with van der Waals surface area (Å²) in [4.78, 5) is 11.7. The molecule has 0 saturated carbocycles. The molecule has 1 aromatic rings. The van der Waals surface area contributed by atoms with Crippen molar-refractivity contribution in [2.75, 3.05) is 19.8 Å². The van der Waals surface area contributed by atoms with E-state index in [-0.39, 0.29) is 12.2 Å². The van der Waals surface area contributed by atoms with Crippen molar-refractivity contribution in [3.8, 4) is 0 Å². The normalized spacial score (nSPS) is 16.3. The maximum atomic E-state index is 11.7. The van der Waals surface area contributed by atoms with Crippen molar-refractivity contribution < 1.29 is 14.3 Å². The molecule has 4 nitrogen and oxygen atoms in total. The number of benzene rings is 1. The van der Waals surface area contributed by atoms with Crippen molar-refractivity contribution in [1.82, 2.24) is 5.32 Å². The average Bonchev–Trinajstić information content (AvgIpc) is 2.40. The van der Waals surface area contributed by atoms with E-state index in [0.717, 1.165) is 25.2 Å². The summed E-state index contributed by atoms with van der Waals surface area (Å²) in [6.07, 6.45) is 1.78. The summed E-state index contributed by atoms with van der Waals surface area (Å²) in [5.41, 5.74) is 0.912. The summed E-state index contributed by atoms with van der Waals surface area (Å²) in [7, 11) is 0. The maximum absolute atomic E-state index is 11.7. The van der Waals surface area contributed by atoms with Gasteiger partial charge in [-0.3, -0.25) is 4.79 Å². The van der Waals surface area contributed by atoms with Crippen molar-refractivity contribution in [1.29, 1.82) is 0 Å². The third-order valence-corrected chi connectivity index (χ3v) is 3.09. The Morgan fingerprint density at radius 3 is 2.89 bits per heavy atom. The second-order valence-electron chi connectivity index (χ2n) is 4.47. The largest absolute Gasteiger partial charge is 0.356 e. The minimum atomic E-state index is -0.180. The van der Waals surface area contributed by atoms with Crippen LogP contribution in [0.15, 0.2) is 24.3 Å². The van der Waals surface area contributed by atoms with Gasteiger partial charge in [0, 0.05) is 18.0 Å². The van der Waals surface area contributed by atoms with Crippen LogP contribution in [0.5, 0.6) is 0 Å². The molecule has 5 heteroatoms. The summed E-state index contributed by atoms with van der Waals surface area (Å²) >= 11 is 5.87. The van der Waals surface area contributed by atoms with Gasteiger partial charge in [-0.1, -0.05) is 23.7 Å². The van der Waals surface area contributed by atoms with Crippen molar-refractivity contribution in [2.24, 2.45) is 0 Å². The fraction of sp³-hybridized carbons (Fsp3) is 0.500. The van der Waals surface area contributed by atoms with Gasteiger partial charge in [-0.15, -0.1) is 0 Å². The zero-order valence-electron chi connectivity index (χ0n) is 10.7. The van der Waals surface area contributed by atoms with Crippen LogP contribution in [0.4, 0.5) is 0 Å². The highest BCUT2D eigenvalue weighted by atomic mass is 35.5. The van der Waals surface area contributed by atoms with E-state index in [2.05, 4.69) is 5.32 Å². The van der Waals surface area contributed by atoms with Gasteiger partial charge < -0.3 is 14.8 Å². The Labute approximate surface area is 118 Å². The predicted octanol–water partition coefficient (Wildman–Crippen LogP) is 2.15. The molecule has 2 rings (SSSR count). The monoisotopic (exact) mass is 283 g/mol. The second-order valence-corrected chi connectivity index (χ2v) is 4.91. The van der Waals surface area contributed by atoms with Crippen molar-refractivity contribution in [3.05, 3.63) is 34.9 Å². The lowest BCUT2D eigenvalue weighted by Crippen LogP contribution is -2.32.